The summed E-state index contributed by atoms with van der Waals surface area (Å²) in [5.41, 5.74) is 2.20. The van der Waals surface area contributed by atoms with E-state index < -0.39 is 0 Å². The SMILES string of the molecule is CSc1ccc2nc(N3CCCNC(=O)C3)cc(C)c2c1. The van der Waals surface area contributed by atoms with Gasteiger partial charge in [-0.05, 0) is 49.4 Å². The lowest BCUT2D eigenvalue weighted by Crippen LogP contribution is -2.33. The van der Waals surface area contributed by atoms with E-state index in [1.54, 1.807) is 11.8 Å². The minimum Gasteiger partial charge on any atom is -0.354 e. The Morgan fingerprint density at radius 3 is 3.00 bits per heavy atom. The molecule has 1 aliphatic heterocycles. The van der Waals surface area contributed by atoms with Gasteiger partial charge < -0.3 is 10.2 Å². The number of thioether (sulfide) groups is 1. The van der Waals surface area contributed by atoms with Crippen LogP contribution in [0.2, 0.25) is 0 Å². The van der Waals surface area contributed by atoms with E-state index >= 15 is 0 Å². The van der Waals surface area contributed by atoms with E-state index in [9.17, 15) is 4.79 Å². The van der Waals surface area contributed by atoms with Crippen molar-refractivity contribution in [1.29, 1.82) is 0 Å². The highest BCUT2D eigenvalue weighted by molar-refractivity contribution is 7.98. The van der Waals surface area contributed by atoms with Crippen LogP contribution in [0.5, 0.6) is 0 Å². The highest BCUT2D eigenvalue weighted by Crippen LogP contribution is 2.26. The van der Waals surface area contributed by atoms with Crippen LogP contribution in [0.4, 0.5) is 5.82 Å². The maximum absolute atomic E-state index is 11.7. The third kappa shape index (κ3) is 2.97. The Balaban J connectivity index is 2.01. The van der Waals surface area contributed by atoms with Crippen molar-refractivity contribution in [2.45, 2.75) is 18.2 Å². The number of hydrogen-bond donors (Lipinski definition) is 1. The van der Waals surface area contributed by atoms with Crippen LogP contribution in [0.1, 0.15) is 12.0 Å². The number of nitrogens with one attached hydrogen (secondary N) is 1. The summed E-state index contributed by atoms with van der Waals surface area (Å²) in [6.07, 6.45) is 3.03. The second-order valence-corrected chi connectivity index (χ2v) is 6.19. The summed E-state index contributed by atoms with van der Waals surface area (Å²) in [5, 5.41) is 4.09. The van der Waals surface area contributed by atoms with Crippen LogP contribution < -0.4 is 10.2 Å². The molecule has 5 heteroatoms. The van der Waals surface area contributed by atoms with Crippen LogP contribution >= 0.6 is 11.8 Å². The van der Waals surface area contributed by atoms with Gasteiger partial charge in [-0.15, -0.1) is 11.8 Å². The molecule has 1 aromatic heterocycles. The quantitative estimate of drug-likeness (QED) is 0.866. The minimum atomic E-state index is 0.0739. The fourth-order valence-electron chi connectivity index (χ4n) is 2.65. The fraction of sp³-hybridized carbons (Fsp3) is 0.375. The van der Waals surface area contributed by atoms with Gasteiger partial charge in [-0.25, -0.2) is 4.98 Å². The molecule has 0 spiro atoms. The Kier molecular flexibility index (Phi) is 4.01. The maximum Gasteiger partial charge on any atom is 0.239 e. The van der Waals surface area contributed by atoms with E-state index in [-0.39, 0.29) is 5.91 Å². The number of aryl methyl sites for hydroxylation is 1. The molecule has 0 unspecified atom stereocenters. The van der Waals surface area contributed by atoms with Crippen LogP contribution in [0.3, 0.4) is 0 Å². The van der Waals surface area contributed by atoms with E-state index in [1.807, 2.05) is 0 Å². The van der Waals surface area contributed by atoms with Crippen LogP contribution in [0.15, 0.2) is 29.2 Å². The van der Waals surface area contributed by atoms with Gasteiger partial charge in [-0.1, -0.05) is 0 Å². The lowest BCUT2D eigenvalue weighted by atomic mass is 10.1. The molecule has 1 fully saturated rings. The smallest absolute Gasteiger partial charge is 0.239 e. The predicted molar refractivity (Wildman–Crippen MR) is 88.1 cm³/mol. The normalized spacial score (nSPS) is 15.9. The van der Waals surface area contributed by atoms with Gasteiger partial charge in [0.25, 0.3) is 0 Å². The van der Waals surface area contributed by atoms with Crippen LogP contribution in [-0.2, 0) is 4.79 Å². The average Bonchev–Trinajstić information content (AvgIpc) is 2.71. The number of aromatic nitrogens is 1. The summed E-state index contributed by atoms with van der Waals surface area (Å²) in [6, 6.07) is 8.43. The van der Waals surface area contributed by atoms with E-state index in [4.69, 9.17) is 4.98 Å². The Labute approximate surface area is 128 Å². The molecule has 0 saturated carbocycles. The first kappa shape index (κ1) is 14.2. The molecule has 110 valence electrons. The molecule has 21 heavy (non-hydrogen) atoms. The number of fused-ring (bicyclic) bond motifs is 1. The van der Waals surface area contributed by atoms with Crippen molar-refractivity contribution >= 4 is 34.4 Å². The predicted octanol–water partition coefficient (Wildman–Crippen LogP) is 2.59. The number of pyridine rings is 1. The topological polar surface area (TPSA) is 45.2 Å². The van der Waals surface area contributed by atoms with Crippen LogP contribution in [0, 0.1) is 6.92 Å². The van der Waals surface area contributed by atoms with E-state index in [1.165, 1.54) is 15.8 Å². The maximum atomic E-state index is 11.7. The number of carbonyl (C=O) groups excluding carboxylic acids is 1. The fourth-order valence-corrected chi connectivity index (χ4v) is 3.09. The number of anilines is 1. The van der Waals surface area contributed by atoms with Gasteiger partial charge in [0.2, 0.25) is 5.91 Å². The summed E-state index contributed by atoms with van der Waals surface area (Å²) in [7, 11) is 0. The lowest BCUT2D eigenvalue weighted by Gasteiger charge is -2.21. The molecule has 3 rings (SSSR count). The number of nitrogens with zero attached hydrogens (tertiary/aromatic N) is 2. The van der Waals surface area contributed by atoms with Crippen molar-refractivity contribution < 1.29 is 4.79 Å². The zero-order chi connectivity index (χ0) is 14.8. The third-order valence-electron chi connectivity index (χ3n) is 3.79. The van der Waals surface area contributed by atoms with Gasteiger partial charge >= 0.3 is 0 Å². The highest BCUT2D eigenvalue weighted by atomic mass is 32.2. The molecule has 1 aliphatic rings. The van der Waals surface area contributed by atoms with Crippen LogP contribution in [0.25, 0.3) is 10.9 Å². The lowest BCUT2D eigenvalue weighted by molar-refractivity contribution is -0.119. The van der Waals surface area contributed by atoms with Crippen molar-refractivity contribution in [3.63, 3.8) is 0 Å². The van der Waals surface area contributed by atoms with Gasteiger partial charge in [0.15, 0.2) is 0 Å². The molecule has 4 nitrogen and oxygen atoms in total. The van der Waals surface area contributed by atoms with Crippen molar-refractivity contribution in [3.05, 3.63) is 29.8 Å². The van der Waals surface area contributed by atoms with Gasteiger partial charge in [-0.3, -0.25) is 4.79 Å². The van der Waals surface area contributed by atoms with E-state index in [2.05, 4.69) is 47.7 Å². The number of rotatable bonds is 2. The molecular weight excluding hydrogens is 282 g/mol. The molecule has 1 aromatic carbocycles. The molecule has 1 saturated heterocycles. The molecule has 0 radical (unpaired) electrons. The van der Waals surface area contributed by atoms with Gasteiger partial charge in [0.1, 0.15) is 5.82 Å². The molecule has 1 amide bonds. The summed E-state index contributed by atoms with van der Waals surface area (Å²) in [4.78, 5) is 19.8. The zero-order valence-corrected chi connectivity index (χ0v) is 13.2. The minimum absolute atomic E-state index is 0.0739. The molecule has 0 aliphatic carbocycles. The second-order valence-electron chi connectivity index (χ2n) is 5.31. The van der Waals surface area contributed by atoms with Crippen molar-refractivity contribution in [1.82, 2.24) is 10.3 Å². The summed E-state index contributed by atoms with van der Waals surface area (Å²) >= 11 is 1.74. The summed E-state index contributed by atoms with van der Waals surface area (Å²) in [5.74, 6) is 0.971. The molecule has 2 aromatic rings. The van der Waals surface area contributed by atoms with Crippen molar-refractivity contribution in [2.75, 3.05) is 30.8 Å². The Morgan fingerprint density at radius 1 is 1.33 bits per heavy atom. The van der Waals surface area contributed by atoms with Gasteiger partial charge in [0.05, 0.1) is 12.1 Å². The van der Waals surface area contributed by atoms with Gasteiger partial charge in [0, 0.05) is 23.4 Å². The first-order valence-corrected chi connectivity index (χ1v) is 8.37. The zero-order valence-electron chi connectivity index (χ0n) is 12.3. The van der Waals surface area contributed by atoms with E-state index in [0.29, 0.717) is 6.54 Å². The standard InChI is InChI=1S/C16H19N3OS/c1-11-8-15(19-7-3-6-17-16(20)10-19)18-14-5-4-12(21-2)9-13(11)14/h4-5,8-9H,3,6-7,10H2,1-2H3,(H,17,20). The Bertz CT molecular complexity index is 687. The van der Waals surface area contributed by atoms with Gasteiger partial charge in [-0.2, -0.15) is 0 Å². The molecule has 0 bridgehead atoms. The molecule has 2 heterocycles. The van der Waals surface area contributed by atoms with E-state index in [0.717, 1.165) is 30.8 Å². The monoisotopic (exact) mass is 301 g/mol. The average molecular weight is 301 g/mol. The summed E-state index contributed by atoms with van der Waals surface area (Å²) in [6.45, 7) is 4.11. The van der Waals surface area contributed by atoms with Crippen LogP contribution in [-0.4, -0.2) is 36.8 Å². The largest absolute Gasteiger partial charge is 0.354 e. The Morgan fingerprint density at radius 2 is 2.19 bits per heavy atom. The second kappa shape index (κ2) is 5.93. The Hall–Kier alpha value is -1.75. The first-order chi connectivity index (χ1) is 10.2. The van der Waals surface area contributed by atoms with Crippen molar-refractivity contribution in [2.24, 2.45) is 0 Å². The number of amides is 1. The first-order valence-electron chi connectivity index (χ1n) is 7.14. The summed E-state index contributed by atoms with van der Waals surface area (Å²) < 4.78 is 0. The molecule has 1 N–H and O–H groups in total. The van der Waals surface area contributed by atoms with Crippen molar-refractivity contribution in [3.8, 4) is 0 Å². The number of carbonyl (C=O) groups is 1. The third-order valence-corrected chi connectivity index (χ3v) is 4.52. The molecular formula is C16H19N3OS. The number of hydrogen-bond acceptors (Lipinski definition) is 4. The number of benzene rings is 1. The highest BCUT2D eigenvalue weighted by Gasteiger charge is 2.17. The molecule has 0 atom stereocenters.